The first-order valence-corrected chi connectivity index (χ1v) is 6.17. The molecule has 0 bridgehead atoms. The third-order valence-electron chi connectivity index (χ3n) is 3.10. The van der Waals surface area contributed by atoms with E-state index in [0.29, 0.717) is 0 Å². The fourth-order valence-electron chi connectivity index (χ4n) is 1.89. The van der Waals surface area contributed by atoms with Crippen LogP contribution in [0.25, 0.3) is 0 Å². The van der Waals surface area contributed by atoms with Crippen LogP contribution in [0.5, 0.6) is 0 Å². The molecule has 4 nitrogen and oxygen atoms in total. The average Bonchev–Trinajstić information content (AvgIpc) is 2.86. The van der Waals surface area contributed by atoms with E-state index < -0.39 is 0 Å². The van der Waals surface area contributed by atoms with Gasteiger partial charge in [-0.25, -0.2) is 0 Å². The predicted molar refractivity (Wildman–Crippen MR) is 74.7 cm³/mol. The summed E-state index contributed by atoms with van der Waals surface area (Å²) in [5.41, 5.74) is 9.58. The van der Waals surface area contributed by atoms with E-state index >= 15 is 0 Å². The highest BCUT2D eigenvalue weighted by Crippen LogP contribution is 2.21. The van der Waals surface area contributed by atoms with Gasteiger partial charge in [0.05, 0.1) is 12.2 Å². The van der Waals surface area contributed by atoms with Gasteiger partial charge in [-0.3, -0.25) is 4.68 Å². The molecule has 0 fully saturated rings. The standard InChI is InChI=1S/C14H20N4/c1-4-18-10-12(9-16-18)14(15)11-5-7-13(8-6-11)17(2)3/h5-10,14H,4,15H2,1-3H3. The molecule has 2 aromatic rings. The summed E-state index contributed by atoms with van der Waals surface area (Å²) in [4.78, 5) is 2.07. The van der Waals surface area contributed by atoms with Crippen molar-refractivity contribution >= 4 is 5.69 Å². The number of anilines is 1. The zero-order chi connectivity index (χ0) is 13.1. The van der Waals surface area contributed by atoms with Crippen LogP contribution in [0.1, 0.15) is 24.1 Å². The minimum Gasteiger partial charge on any atom is -0.378 e. The second-order valence-corrected chi connectivity index (χ2v) is 4.59. The fourth-order valence-corrected chi connectivity index (χ4v) is 1.89. The molecule has 0 aliphatic rings. The van der Waals surface area contributed by atoms with Crippen LogP contribution in [0.2, 0.25) is 0 Å². The van der Waals surface area contributed by atoms with Gasteiger partial charge in [-0.05, 0) is 24.6 Å². The van der Waals surface area contributed by atoms with E-state index in [2.05, 4.69) is 41.2 Å². The van der Waals surface area contributed by atoms with Crippen molar-refractivity contribution in [3.8, 4) is 0 Å². The van der Waals surface area contributed by atoms with Crippen LogP contribution in [0, 0.1) is 0 Å². The Morgan fingerprint density at radius 3 is 2.39 bits per heavy atom. The predicted octanol–water partition coefficient (Wildman–Crippen LogP) is 2.02. The molecule has 0 saturated carbocycles. The lowest BCUT2D eigenvalue weighted by atomic mass is 10.0. The van der Waals surface area contributed by atoms with Crippen molar-refractivity contribution in [1.82, 2.24) is 9.78 Å². The molecule has 0 aliphatic carbocycles. The molecule has 1 aromatic heterocycles. The maximum Gasteiger partial charge on any atom is 0.0582 e. The van der Waals surface area contributed by atoms with Crippen LogP contribution >= 0.6 is 0 Å². The van der Waals surface area contributed by atoms with Crippen LogP contribution in [0.3, 0.4) is 0 Å². The van der Waals surface area contributed by atoms with Gasteiger partial charge in [-0.1, -0.05) is 12.1 Å². The van der Waals surface area contributed by atoms with Gasteiger partial charge in [-0.15, -0.1) is 0 Å². The Morgan fingerprint density at radius 2 is 1.89 bits per heavy atom. The number of nitrogens with zero attached hydrogens (tertiary/aromatic N) is 3. The van der Waals surface area contributed by atoms with Crippen LogP contribution in [-0.2, 0) is 6.54 Å². The quantitative estimate of drug-likeness (QED) is 0.895. The topological polar surface area (TPSA) is 47.1 Å². The van der Waals surface area contributed by atoms with Crippen molar-refractivity contribution in [2.24, 2.45) is 5.73 Å². The molecule has 4 heteroatoms. The first-order chi connectivity index (χ1) is 8.61. The second-order valence-electron chi connectivity index (χ2n) is 4.59. The molecule has 0 aliphatic heterocycles. The molecule has 2 N–H and O–H groups in total. The zero-order valence-corrected chi connectivity index (χ0v) is 11.2. The summed E-state index contributed by atoms with van der Waals surface area (Å²) in [7, 11) is 4.06. The largest absolute Gasteiger partial charge is 0.378 e. The number of benzene rings is 1. The van der Waals surface area contributed by atoms with Crippen LogP contribution in [-0.4, -0.2) is 23.9 Å². The van der Waals surface area contributed by atoms with Crippen molar-refractivity contribution in [3.63, 3.8) is 0 Å². The SMILES string of the molecule is CCn1cc(C(N)c2ccc(N(C)C)cc2)cn1. The zero-order valence-electron chi connectivity index (χ0n) is 11.2. The Balaban J connectivity index is 2.20. The van der Waals surface area contributed by atoms with E-state index in [1.54, 1.807) is 0 Å². The lowest BCUT2D eigenvalue weighted by Crippen LogP contribution is -2.12. The van der Waals surface area contributed by atoms with Crippen molar-refractivity contribution in [3.05, 3.63) is 47.8 Å². The van der Waals surface area contributed by atoms with Crippen LogP contribution in [0.4, 0.5) is 5.69 Å². The van der Waals surface area contributed by atoms with Gasteiger partial charge in [0.15, 0.2) is 0 Å². The molecule has 1 heterocycles. The molecule has 1 unspecified atom stereocenters. The van der Waals surface area contributed by atoms with Gasteiger partial charge in [0.2, 0.25) is 0 Å². The van der Waals surface area contributed by atoms with Crippen molar-refractivity contribution in [2.45, 2.75) is 19.5 Å². The first-order valence-electron chi connectivity index (χ1n) is 6.17. The highest BCUT2D eigenvalue weighted by Gasteiger charge is 2.11. The minimum absolute atomic E-state index is 0.110. The fraction of sp³-hybridized carbons (Fsp3) is 0.357. The number of aromatic nitrogens is 2. The summed E-state index contributed by atoms with van der Waals surface area (Å²) in [6, 6.07) is 8.20. The molecular weight excluding hydrogens is 224 g/mol. The molecule has 18 heavy (non-hydrogen) atoms. The molecule has 1 aromatic carbocycles. The van der Waals surface area contributed by atoms with Crippen molar-refractivity contribution in [1.29, 1.82) is 0 Å². The normalized spacial score (nSPS) is 12.4. The summed E-state index contributed by atoms with van der Waals surface area (Å²) < 4.78 is 1.89. The van der Waals surface area contributed by atoms with Crippen LogP contribution in [0.15, 0.2) is 36.7 Å². The monoisotopic (exact) mass is 244 g/mol. The molecule has 0 spiro atoms. The van der Waals surface area contributed by atoms with E-state index in [-0.39, 0.29) is 6.04 Å². The number of hydrogen-bond donors (Lipinski definition) is 1. The average molecular weight is 244 g/mol. The Labute approximate surface area is 108 Å². The maximum absolute atomic E-state index is 6.24. The number of nitrogens with two attached hydrogens (primary N) is 1. The summed E-state index contributed by atoms with van der Waals surface area (Å²) in [5.74, 6) is 0. The molecule has 0 saturated heterocycles. The Bertz CT molecular complexity index is 499. The van der Waals surface area contributed by atoms with Crippen molar-refractivity contribution < 1.29 is 0 Å². The summed E-state index contributed by atoms with van der Waals surface area (Å²) in [6.45, 7) is 2.93. The molecule has 96 valence electrons. The summed E-state index contributed by atoms with van der Waals surface area (Å²) >= 11 is 0. The first kappa shape index (κ1) is 12.6. The molecule has 1 atom stereocenters. The van der Waals surface area contributed by atoms with Gasteiger partial charge in [0.1, 0.15) is 0 Å². The Hall–Kier alpha value is -1.81. The maximum atomic E-state index is 6.24. The van der Waals surface area contributed by atoms with Gasteiger partial charge in [0.25, 0.3) is 0 Å². The number of aryl methyl sites for hydroxylation is 1. The van der Waals surface area contributed by atoms with E-state index in [4.69, 9.17) is 5.73 Å². The molecular formula is C14H20N4. The number of hydrogen-bond acceptors (Lipinski definition) is 3. The summed E-state index contributed by atoms with van der Waals surface area (Å²) in [6.07, 6.45) is 3.85. The second kappa shape index (κ2) is 5.23. The van der Waals surface area contributed by atoms with E-state index in [0.717, 1.165) is 17.7 Å². The minimum atomic E-state index is -0.110. The smallest absolute Gasteiger partial charge is 0.0582 e. The summed E-state index contributed by atoms with van der Waals surface area (Å²) in [5, 5.41) is 4.26. The number of rotatable bonds is 4. The van der Waals surface area contributed by atoms with E-state index in [1.165, 1.54) is 5.69 Å². The van der Waals surface area contributed by atoms with Gasteiger partial charge < -0.3 is 10.6 Å². The van der Waals surface area contributed by atoms with E-state index in [9.17, 15) is 0 Å². The Morgan fingerprint density at radius 1 is 1.22 bits per heavy atom. The molecule has 2 rings (SSSR count). The third-order valence-corrected chi connectivity index (χ3v) is 3.10. The van der Waals surface area contributed by atoms with Crippen LogP contribution < -0.4 is 10.6 Å². The van der Waals surface area contributed by atoms with E-state index in [1.807, 2.05) is 31.2 Å². The Kier molecular flexibility index (Phi) is 3.67. The van der Waals surface area contributed by atoms with Crippen molar-refractivity contribution in [2.75, 3.05) is 19.0 Å². The highest BCUT2D eigenvalue weighted by atomic mass is 15.3. The van der Waals surface area contributed by atoms with Gasteiger partial charge in [0, 0.05) is 38.1 Å². The highest BCUT2D eigenvalue weighted by molar-refractivity contribution is 5.47. The van der Waals surface area contributed by atoms with Gasteiger partial charge in [-0.2, -0.15) is 5.10 Å². The molecule has 0 radical (unpaired) electrons. The lowest BCUT2D eigenvalue weighted by Gasteiger charge is -2.15. The third kappa shape index (κ3) is 2.54. The lowest BCUT2D eigenvalue weighted by molar-refractivity contribution is 0.658. The van der Waals surface area contributed by atoms with Gasteiger partial charge >= 0.3 is 0 Å². The molecule has 0 amide bonds.